The van der Waals surface area contributed by atoms with Gasteiger partial charge in [0.05, 0.1) is 18.2 Å². The van der Waals surface area contributed by atoms with E-state index in [2.05, 4.69) is 34.2 Å². The van der Waals surface area contributed by atoms with Crippen molar-refractivity contribution in [2.24, 2.45) is 0 Å². The molecule has 21 heavy (non-hydrogen) atoms. The zero-order chi connectivity index (χ0) is 15.1. The maximum Gasteiger partial charge on any atom is 0.175 e. The van der Waals surface area contributed by atoms with Crippen LogP contribution in [0.25, 0.3) is 0 Å². The molecule has 112 valence electrons. The highest BCUT2D eigenvalue weighted by Crippen LogP contribution is 2.36. The summed E-state index contributed by atoms with van der Waals surface area (Å²) in [5.41, 5.74) is 2.23. The number of nitrogens with one attached hydrogen (secondary N) is 1. The van der Waals surface area contributed by atoms with E-state index in [1.54, 1.807) is 7.11 Å². The standard InChI is InChI=1S/C17H20BrNO2/c1-3-9-21-17-15(18)10-13(11-16(17)20-2)12-19-14-7-5-4-6-8-14/h4-8,10-11,19H,3,9,12H2,1-2H3. The lowest BCUT2D eigenvalue weighted by Crippen LogP contribution is -2.03. The van der Waals surface area contributed by atoms with Gasteiger partial charge >= 0.3 is 0 Å². The SMILES string of the molecule is CCCOc1c(Br)cc(CNc2ccccc2)cc1OC. The number of ether oxygens (including phenoxy) is 2. The number of methoxy groups -OCH3 is 1. The van der Waals surface area contributed by atoms with Gasteiger partial charge in [0.25, 0.3) is 0 Å². The van der Waals surface area contributed by atoms with Crippen LogP contribution < -0.4 is 14.8 Å². The van der Waals surface area contributed by atoms with Gasteiger partial charge in [0.1, 0.15) is 0 Å². The number of benzene rings is 2. The van der Waals surface area contributed by atoms with Crippen molar-refractivity contribution in [3.8, 4) is 11.5 Å². The second kappa shape index (κ2) is 7.93. The minimum atomic E-state index is 0.677. The molecule has 0 unspecified atom stereocenters. The van der Waals surface area contributed by atoms with Gasteiger partial charge in [-0.1, -0.05) is 25.1 Å². The van der Waals surface area contributed by atoms with Gasteiger partial charge in [0.2, 0.25) is 0 Å². The number of rotatable bonds is 7. The highest BCUT2D eigenvalue weighted by Gasteiger charge is 2.11. The van der Waals surface area contributed by atoms with Gasteiger partial charge in [-0.3, -0.25) is 0 Å². The molecular formula is C17H20BrNO2. The molecule has 0 aliphatic carbocycles. The lowest BCUT2D eigenvalue weighted by atomic mass is 10.2. The van der Waals surface area contributed by atoms with Crippen LogP contribution in [-0.2, 0) is 6.54 Å². The second-order valence-electron chi connectivity index (χ2n) is 4.68. The number of hydrogen-bond acceptors (Lipinski definition) is 3. The fourth-order valence-electron chi connectivity index (χ4n) is 1.98. The Kier molecular flexibility index (Phi) is 5.93. The van der Waals surface area contributed by atoms with Crippen molar-refractivity contribution >= 4 is 21.6 Å². The first-order chi connectivity index (χ1) is 10.2. The summed E-state index contributed by atoms with van der Waals surface area (Å²) in [6.45, 7) is 3.49. The van der Waals surface area contributed by atoms with Gasteiger partial charge in [-0.2, -0.15) is 0 Å². The Morgan fingerprint density at radius 2 is 1.90 bits per heavy atom. The predicted octanol–water partition coefficient (Wildman–Crippen LogP) is 4.86. The molecule has 0 heterocycles. The van der Waals surface area contributed by atoms with Crippen LogP contribution in [0.5, 0.6) is 11.5 Å². The second-order valence-corrected chi connectivity index (χ2v) is 5.53. The van der Waals surface area contributed by atoms with E-state index in [1.165, 1.54) is 0 Å². The van der Waals surface area contributed by atoms with Crippen molar-refractivity contribution in [1.29, 1.82) is 0 Å². The average molecular weight is 350 g/mol. The number of anilines is 1. The number of para-hydroxylation sites is 1. The molecule has 3 nitrogen and oxygen atoms in total. The summed E-state index contributed by atoms with van der Waals surface area (Å²) in [5.74, 6) is 1.52. The molecule has 2 aromatic carbocycles. The smallest absolute Gasteiger partial charge is 0.175 e. The topological polar surface area (TPSA) is 30.5 Å². The summed E-state index contributed by atoms with van der Waals surface area (Å²) in [6, 6.07) is 14.2. The Balaban J connectivity index is 2.12. The number of hydrogen-bond donors (Lipinski definition) is 1. The predicted molar refractivity (Wildman–Crippen MR) is 90.2 cm³/mol. The van der Waals surface area contributed by atoms with Crippen molar-refractivity contribution < 1.29 is 9.47 Å². The van der Waals surface area contributed by atoms with E-state index >= 15 is 0 Å². The quantitative estimate of drug-likeness (QED) is 0.774. The molecule has 0 aliphatic rings. The van der Waals surface area contributed by atoms with E-state index in [1.807, 2.05) is 36.4 Å². The van der Waals surface area contributed by atoms with Crippen molar-refractivity contribution in [3.63, 3.8) is 0 Å². The molecule has 0 fully saturated rings. The molecule has 0 atom stereocenters. The van der Waals surface area contributed by atoms with Crippen LogP contribution in [0, 0.1) is 0 Å². The molecule has 0 bridgehead atoms. The molecule has 0 saturated carbocycles. The third-order valence-electron chi connectivity index (χ3n) is 3.01. The lowest BCUT2D eigenvalue weighted by Gasteiger charge is -2.14. The summed E-state index contributed by atoms with van der Waals surface area (Å²) in [7, 11) is 1.66. The van der Waals surface area contributed by atoms with Crippen LogP contribution in [-0.4, -0.2) is 13.7 Å². The molecule has 2 aromatic rings. The van der Waals surface area contributed by atoms with Crippen LogP contribution in [0.3, 0.4) is 0 Å². The summed E-state index contributed by atoms with van der Waals surface area (Å²) in [4.78, 5) is 0. The van der Waals surface area contributed by atoms with Gasteiger partial charge in [0, 0.05) is 12.2 Å². The van der Waals surface area contributed by atoms with Crippen LogP contribution in [0.4, 0.5) is 5.69 Å². The van der Waals surface area contributed by atoms with E-state index in [0.29, 0.717) is 6.61 Å². The van der Waals surface area contributed by atoms with Crippen LogP contribution in [0.2, 0.25) is 0 Å². The van der Waals surface area contributed by atoms with Gasteiger partial charge < -0.3 is 14.8 Å². The third-order valence-corrected chi connectivity index (χ3v) is 3.60. The monoisotopic (exact) mass is 349 g/mol. The first kappa shape index (κ1) is 15.7. The van der Waals surface area contributed by atoms with Gasteiger partial charge in [-0.25, -0.2) is 0 Å². The van der Waals surface area contributed by atoms with E-state index in [0.717, 1.165) is 40.2 Å². The maximum absolute atomic E-state index is 5.73. The zero-order valence-electron chi connectivity index (χ0n) is 12.4. The minimum Gasteiger partial charge on any atom is -0.493 e. The lowest BCUT2D eigenvalue weighted by molar-refractivity contribution is 0.292. The Bertz CT molecular complexity index is 573. The normalized spacial score (nSPS) is 10.2. The molecule has 0 amide bonds. The fourth-order valence-corrected chi connectivity index (χ4v) is 2.58. The Morgan fingerprint density at radius 1 is 1.14 bits per heavy atom. The van der Waals surface area contributed by atoms with E-state index in [9.17, 15) is 0 Å². The first-order valence-electron chi connectivity index (χ1n) is 7.02. The Morgan fingerprint density at radius 3 is 2.57 bits per heavy atom. The van der Waals surface area contributed by atoms with Gasteiger partial charge in [-0.05, 0) is 52.2 Å². The molecular weight excluding hydrogens is 330 g/mol. The molecule has 1 N–H and O–H groups in total. The average Bonchev–Trinajstić information content (AvgIpc) is 2.52. The largest absolute Gasteiger partial charge is 0.493 e. The summed E-state index contributed by atoms with van der Waals surface area (Å²) in [5, 5.41) is 3.38. The van der Waals surface area contributed by atoms with Crippen LogP contribution in [0.15, 0.2) is 46.9 Å². The van der Waals surface area contributed by atoms with Crippen LogP contribution in [0.1, 0.15) is 18.9 Å². The zero-order valence-corrected chi connectivity index (χ0v) is 13.9. The first-order valence-corrected chi connectivity index (χ1v) is 7.82. The Hall–Kier alpha value is -1.68. The van der Waals surface area contributed by atoms with E-state index in [-0.39, 0.29) is 0 Å². The summed E-state index contributed by atoms with van der Waals surface area (Å²) < 4.78 is 12.1. The molecule has 4 heteroatoms. The Labute approximate surface area is 134 Å². The van der Waals surface area contributed by atoms with Crippen molar-refractivity contribution in [2.75, 3.05) is 19.0 Å². The highest BCUT2D eigenvalue weighted by molar-refractivity contribution is 9.10. The molecule has 0 saturated heterocycles. The number of halogens is 1. The molecule has 0 radical (unpaired) electrons. The molecule has 2 rings (SSSR count). The molecule has 0 aliphatic heterocycles. The van der Waals surface area contributed by atoms with Gasteiger partial charge in [-0.15, -0.1) is 0 Å². The van der Waals surface area contributed by atoms with Crippen LogP contribution >= 0.6 is 15.9 Å². The summed E-state index contributed by atoms with van der Waals surface area (Å²) in [6.07, 6.45) is 0.965. The fraction of sp³-hybridized carbons (Fsp3) is 0.294. The summed E-state index contributed by atoms with van der Waals surface area (Å²) >= 11 is 3.56. The molecule has 0 aromatic heterocycles. The van der Waals surface area contributed by atoms with Crippen molar-refractivity contribution in [3.05, 3.63) is 52.5 Å². The van der Waals surface area contributed by atoms with E-state index in [4.69, 9.17) is 9.47 Å². The highest BCUT2D eigenvalue weighted by atomic mass is 79.9. The molecule has 0 spiro atoms. The third kappa shape index (κ3) is 4.39. The van der Waals surface area contributed by atoms with Gasteiger partial charge in [0.15, 0.2) is 11.5 Å². The van der Waals surface area contributed by atoms with Crippen molar-refractivity contribution in [1.82, 2.24) is 0 Å². The van der Waals surface area contributed by atoms with E-state index < -0.39 is 0 Å². The van der Waals surface area contributed by atoms with Crippen molar-refractivity contribution in [2.45, 2.75) is 19.9 Å². The minimum absolute atomic E-state index is 0.677. The maximum atomic E-state index is 5.73.